The number of rotatable bonds is 5. The molecule has 0 spiro atoms. The lowest BCUT2D eigenvalue weighted by atomic mass is 10.0. The lowest BCUT2D eigenvalue weighted by Gasteiger charge is -2.17. The van der Waals surface area contributed by atoms with Crippen molar-refractivity contribution in [3.05, 3.63) is 47.5 Å². The molecule has 1 heteroatoms. The number of benzene rings is 1. The van der Waals surface area contributed by atoms with Gasteiger partial charge in [-0.25, -0.2) is 0 Å². The van der Waals surface area contributed by atoms with Crippen LogP contribution in [0.3, 0.4) is 0 Å². The highest BCUT2D eigenvalue weighted by Gasteiger charge is 2.31. The van der Waals surface area contributed by atoms with Gasteiger partial charge in [0.15, 0.2) is 0 Å². The van der Waals surface area contributed by atoms with Gasteiger partial charge in [0, 0.05) is 12.6 Å². The van der Waals surface area contributed by atoms with Crippen molar-refractivity contribution < 1.29 is 0 Å². The van der Waals surface area contributed by atoms with Gasteiger partial charge < -0.3 is 5.32 Å². The van der Waals surface area contributed by atoms with E-state index < -0.39 is 0 Å². The Morgan fingerprint density at radius 3 is 2.56 bits per heavy atom. The SMILES string of the molecule is CC(C)=CCNC(c1ccccc1)C1CC1. The minimum absolute atomic E-state index is 0.553. The van der Waals surface area contributed by atoms with E-state index in [1.165, 1.54) is 24.0 Å². The molecular formula is C15H21N. The number of hydrogen-bond donors (Lipinski definition) is 1. The predicted molar refractivity (Wildman–Crippen MR) is 69.3 cm³/mol. The topological polar surface area (TPSA) is 12.0 Å². The third-order valence-corrected chi connectivity index (χ3v) is 3.10. The van der Waals surface area contributed by atoms with E-state index in [9.17, 15) is 0 Å². The van der Waals surface area contributed by atoms with E-state index in [-0.39, 0.29) is 0 Å². The van der Waals surface area contributed by atoms with E-state index in [2.05, 4.69) is 55.6 Å². The van der Waals surface area contributed by atoms with Gasteiger partial charge in [0.1, 0.15) is 0 Å². The Morgan fingerprint density at radius 1 is 1.31 bits per heavy atom. The fourth-order valence-electron chi connectivity index (χ4n) is 2.04. The number of hydrogen-bond acceptors (Lipinski definition) is 1. The van der Waals surface area contributed by atoms with E-state index in [4.69, 9.17) is 0 Å². The van der Waals surface area contributed by atoms with Crippen LogP contribution in [0.25, 0.3) is 0 Å². The third-order valence-electron chi connectivity index (χ3n) is 3.10. The molecule has 1 aromatic rings. The van der Waals surface area contributed by atoms with Gasteiger partial charge in [-0.3, -0.25) is 0 Å². The Hall–Kier alpha value is -1.08. The first-order valence-electron chi connectivity index (χ1n) is 6.19. The molecule has 86 valence electrons. The molecule has 0 radical (unpaired) electrons. The van der Waals surface area contributed by atoms with Crippen molar-refractivity contribution in [2.24, 2.45) is 5.92 Å². The van der Waals surface area contributed by atoms with Gasteiger partial charge in [0.25, 0.3) is 0 Å². The first-order valence-corrected chi connectivity index (χ1v) is 6.19. The fourth-order valence-corrected chi connectivity index (χ4v) is 2.04. The molecule has 0 bridgehead atoms. The summed E-state index contributed by atoms with van der Waals surface area (Å²) in [5.74, 6) is 0.855. The maximum Gasteiger partial charge on any atom is 0.0351 e. The van der Waals surface area contributed by atoms with Crippen LogP contribution in [0.4, 0.5) is 0 Å². The zero-order valence-electron chi connectivity index (χ0n) is 10.2. The van der Waals surface area contributed by atoms with Crippen LogP contribution in [0.15, 0.2) is 42.0 Å². The van der Waals surface area contributed by atoms with E-state index in [1.807, 2.05) is 0 Å². The smallest absolute Gasteiger partial charge is 0.0351 e. The maximum absolute atomic E-state index is 3.65. The Balaban J connectivity index is 1.98. The van der Waals surface area contributed by atoms with E-state index in [0.29, 0.717) is 6.04 Å². The molecule has 0 amide bonds. The molecule has 1 fully saturated rings. The maximum atomic E-state index is 3.65. The average Bonchev–Trinajstić information content (AvgIpc) is 3.09. The van der Waals surface area contributed by atoms with Gasteiger partial charge in [-0.1, -0.05) is 42.0 Å². The van der Waals surface area contributed by atoms with Crippen molar-refractivity contribution in [3.63, 3.8) is 0 Å². The van der Waals surface area contributed by atoms with Crippen molar-refractivity contribution in [2.45, 2.75) is 32.7 Å². The quantitative estimate of drug-likeness (QED) is 0.739. The Labute approximate surface area is 98.6 Å². The molecule has 1 N–H and O–H groups in total. The van der Waals surface area contributed by atoms with Gasteiger partial charge in [0.05, 0.1) is 0 Å². The van der Waals surface area contributed by atoms with Crippen LogP contribution < -0.4 is 5.32 Å². The normalized spacial score (nSPS) is 16.9. The van der Waals surface area contributed by atoms with Gasteiger partial charge >= 0.3 is 0 Å². The summed E-state index contributed by atoms with van der Waals surface area (Å²) in [5.41, 5.74) is 2.82. The van der Waals surface area contributed by atoms with Crippen molar-refractivity contribution in [3.8, 4) is 0 Å². The highest BCUT2D eigenvalue weighted by atomic mass is 14.9. The monoisotopic (exact) mass is 215 g/mol. The van der Waals surface area contributed by atoms with Gasteiger partial charge in [-0.05, 0) is 38.2 Å². The number of nitrogens with one attached hydrogen (secondary N) is 1. The second-order valence-electron chi connectivity index (χ2n) is 4.92. The van der Waals surface area contributed by atoms with Gasteiger partial charge in [-0.15, -0.1) is 0 Å². The third kappa shape index (κ3) is 3.21. The lowest BCUT2D eigenvalue weighted by molar-refractivity contribution is 0.507. The summed E-state index contributed by atoms with van der Waals surface area (Å²) in [7, 11) is 0. The molecule has 16 heavy (non-hydrogen) atoms. The first-order chi connectivity index (χ1) is 7.77. The summed E-state index contributed by atoms with van der Waals surface area (Å²) < 4.78 is 0. The molecule has 1 saturated carbocycles. The second-order valence-corrected chi connectivity index (χ2v) is 4.92. The molecule has 0 aromatic heterocycles. The van der Waals surface area contributed by atoms with Crippen molar-refractivity contribution in [1.82, 2.24) is 5.32 Å². The molecule has 1 nitrogen and oxygen atoms in total. The summed E-state index contributed by atoms with van der Waals surface area (Å²) in [6, 6.07) is 11.4. The summed E-state index contributed by atoms with van der Waals surface area (Å²) >= 11 is 0. The highest BCUT2D eigenvalue weighted by molar-refractivity contribution is 5.21. The molecule has 1 atom stereocenters. The predicted octanol–water partition coefficient (Wildman–Crippen LogP) is 3.69. The molecule has 0 heterocycles. The summed E-state index contributed by atoms with van der Waals surface area (Å²) in [6.07, 6.45) is 5.01. The zero-order chi connectivity index (χ0) is 11.4. The molecular weight excluding hydrogens is 194 g/mol. The van der Waals surface area contributed by atoms with Crippen LogP contribution in [0.2, 0.25) is 0 Å². The molecule has 1 aromatic carbocycles. The van der Waals surface area contributed by atoms with Crippen LogP contribution in [0.5, 0.6) is 0 Å². The fraction of sp³-hybridized carbons (Fsp3) is 0.467. The van der Waals surface area contributed by atoms with Crippen molar-refractivity contribution in [2.75, 3.05) is 6.54 Å². The van der Waals surface area contributed by atoms with Crippen LogP contribution >= 0.6 is 0 Å². The number of allylic oxidation sites excluding steroid dienone is 1. The molecule has 2 rings (SSSR count). The van der Waals surface area contributed by atoms with E-state index >= 15 is 0 Å². The zero-order valence-corrected chi connectivity index (χ0v) is 10.2. The summed E-state index contributed by atoms with van der Waals surface area (Å²) in [6.45, 7) is 5.28. The average molecular weight is 215 g/mol. The van der Waals surface area contributed by atoms with E-state index in [1.54, 1.807) is 0 Å². The van der Waals surface area contributed by atoms with Gasteiger partial charge in [0.2, 0.25) is 0 Å². The minimum atomic E-state index is 0.553. The Kier molecular flexibility index (Phi) is 3.79. The lowest BCUT2D eigenvalue weighted by Crippen LogP contribution is -2.23. The summed E-state index contributed by atoms with van der Waals surface area (Å²) in [4.78, 5) is 0. The highest BCUT2D eigenvalue weighted by Crippen LogP contribution is 2.40. The van der Waals surface area contributed by atoms with Crippen LogP contribution in [-0.4, -0.2) is 6.54 Å². The van der Waals surface area contributed by atoms with Crippen LogP contribution in [0, 0.1) is 5.92 Å². The molecule has 1 aliphatic rings. The standard InChI is InChI=1S/C15H21N/c1-12(2)10-11-16-15(14-8-9-14)13-6-4-3-5-7-13/h3-7,10,14-16H,8-9,11H2,1-2H3. The first kappa shape index (κ1) is 11.4. The largest absolute Gasteiger partial charge is 0.306 e. The van der Waals surface area contributed by atoms with Crippen LogP contribution in [-0.2, 0) is 0 Å². The molecule has 1 unspecified atom stereocenters. The van der Waals surface area contributed by atoms with Crippen molar-refractivity contribution >= 4 is 0 Å². The van der Waals surface area contributed by atoms with Crippen molar-refractivity contribution in [1.29, 1.82) is 0 Å². The molecule has 0 aliphatic heterocycles. The second kappa shape index (κ2) is 5.31. The minimum Gasteiger partial charge on any atom is -0.306 e. The molecule has 0 saturated heterocycles. The Bertz CT molecular complexity index is 345. The Morgan fingerprint density at radius 2 is 2.00 bits per heavy atom. The summed E-state index contributed by atoms with van der Waals surface area (Å²) in [5, 5.41) is 3.65. The van der Waals surface area contributed by atoms with Gasteiger partial charge in [-0.2, -0.15) is 0 Å². The van der Waals surface area contributed by atoms with E-state index in [0.717, 1.165) is 12.5 Å². The van der Waals surface area contributed by atoms with Crippen LogP contribution in [0.1, 0.15) is 38.3 Å². The molecule has 1 aliphatic carbocycles.